The normalized spacial score (nSPS) is 12.5. The Balaban J connectivity index is 1.69. The Labute approximate surface area is 183 Å². The van der Waals surface area contributed by atoms with Gasteiger partial charge < -0.3 is 5.11 Å². The first-order chi connectivity index (χ1) is 15.0. The summed E-state index contributed by atoms with van der Waals surface area (Å²) in [6.45, 7) is 6.29. The van der Waals surface area contributed by atoms with Gasteiger partial charge in [0.25, 0.3) is 0 Å². The Hall–Kier alpha value is -3.14. The summed E-state index contributed by atoms with van der Waals surface area (Å²) in [4.78, 5) is 16.6. The van der Waals surface area contributed by atoms with E-state index in [1.807, 2.05) is 19.1 Å². The predicted molar refractivity (Wildman–Crippen MR) is 126 cm³/mol. The fourth-order valence-corrected chi connectivity index (χ4v) is 4.61. The molecule has 4 heteroatoms. The number of carboxylic acid groups (broad SMARTS) is 1. The topological polar surface area (TPSA) is 54.6 Å². The molecule has 0 amide bonds. The third-order valence-corrected chi connectivity index (χ3v) is 6.16. The van der Waals surface area contributed by atoms with Gasteiger partial charge in [0.2, 0.25) is 0 Å². The molecule has 31 heavy (non-hydrogen) atoms. The molecule has 0 bridgehead atoms. The molecule has 2 aromatic heterocycles. The maximum atomic E-state index is 11.8. The maximum Gasteiger partial charge on any atom is 0.310 e. The van der Waals surface area contributed by atoms with Crippen LogP contribution in [0.3, 0.4) is 0 Å². The molecule has 0 saturated carbocycles. The number of unbranched alkanes of at least 4 members (excludes halogenated alkanes) is 2. The lowest BCUT2D eigenvalue weighted by atomic mass is 9.92. The lowest BCUT2D eigenvalue weighted by Crippen LogP contribution is -2.11. The maximum absolute atomic E-state index is 11.8. The number of aromatic nitrogens is 2. The Kier molecular flexibility index (Phi) is 6.08. The number of carboxylic acids is 1. The van der Waals surface area contributed by atoms with E-state index < -0.39 is 11.9 Å². The van der Waals surface area contributed by atoms with Gasteiger partial charge >= 0.3 is 5.97 Å². The number of nitrogens with zero attached hydrogens (tertiary/aromatic N) is 2. The van der Waals surface area contributed by atoms with Crippen molar-refractivity contribution in [1.82, 2.24) is 9.38 Å². The third-order valence-electron chi connectivity index (χ3n) is 6.16. The summed E-state index contributed by atoms with van der Waals surface area (Å²) >= 11 is 0. The number of hydrogen-bond donors (Lipinski definition) is 1. The highest BCUT2D eigenvalue weighted by Gasteiger charge is 2.20. The fourth-order valence-electron chi connectivity index (χ4n) is 4.61. The Morgan fingerprint density at radius 3 is 2.52 bits per heavy atom. The van der Waals surface area contributed by atoms with Crippen LogP contribution in [0.5, 0.6) is 0 Å². The molecule has 0 spiro atoms. The summed E-state index contributed by atoms with van der Waals surface area (Å²) in [6.07, 6.45) is 4.57. The SMILES string of the molecule is CCCCCC(C(=O)O)c1ccc(Cc2c3ccccc3n3c(C)cc(C)nc23)cc1. The Bertz CT molecular complexity index is 1220. The summed E-state index contributed by atoms with van der Waals surface area (Å²) in [5.41, 5.74) is 7.65. The van der Waals surface area contributed by atoms with E-state index in [-0.39, 0.29) is 0 Å². The minimum absolute atomic E-state index is 0.427. The van der Waals surface area contributed by atoms with Gasteiger partial charge in [-0.1, -0.05) is 68.7 Å². The summed E-state index contributed by atoms with van der Waals surface area (Å²) in [6, 6.07) is 18.7. The first-order valence-corrected chi connectivity index (χ1v) is 11.2. The molecule has 2 heterocycles. The quantitative estimate of drug-likeness (QED) is 0.337. The van der Waals surface area contributed by atoms with Crippen LogP contribution < -0.4 is 0 Å². The van der Waals surface area contributed by atoms with Crippen LogP contribution in [0.4, 0.5) is 0 Å². The number of carbonyl (C=O) groups is 1. The molecule has 160 valence electrons. The van der Waals surface area contributed by atoms with Gasteiger partial charge in [-0.25, -0.2) is 4.98 Å². The second kappa shape index (κ2) is 8.93. The van der Waals surface area contributed by atoms with Crippen LogP contribution in [0.25, 0.3) is 16.6 Å². The molecule has 0 fully saturated rings. The van der Waals surface area contributed by atoms with E-state index in [1.165, 1.54) is 27.7 Å². The highest BCUT2D eigenvalue weighted by atomic mass is 16.4. The summed E-state index contributed by atoms with van der Waals surface area (Å²) in [5, 5.41) is 10.9. The molecule has 4 aromatic rings. The van der Waals surface area contributed by atoms with Crippen LogP contribution in [-0.4, -0.2) is 20.5 Å². The smallest absolute Gasteiger partial charge is 0.310 e. The van der Waals surface area contributed by atoms with Crippen LogP contribution in [0, 0.1) is 13.8 Å². The van der Waals surface area contributed by atoms with Crippen molar-refractivity contribution < 1.29 is 9.90 Å². The van der Waals surface area contributed by atoms with Crippen molar-refractivity contribution in [2.75, 3.05) is 0 Å². The van der Waals surface area contributed by atoms with E-state index >= 15 is 0 Å². The Morgan fingerprint density at radius 1 is 1.06 bits per heavy atom. The zero-order valence-corrected chi connectivity index (χ0v) is 18.6. The molecule has 0 radical (unpaired) electrons. The molecule has 0 aliphatic carbocycles. The fraction of sp³-hybridized carbons (Fsp3) is 0.333. The van der Waals surface area contributed by atoms with Gasteiger partial charge in [0, 0.05) is 28.8 Å². The number of benzene rings is 2. The van der Waals surface area contributed by atoms with Crippen molar-refractivity contribution in [2.24, 2.45) is 0 Å². The summed E-state index contributed by atoms with van der Waals surface area (Å²) in [7, 11) is 0. The van der Waals surface area contributed by atoms with Gasteiger partial charge in [-0.15, -0.1) is 0 Å². The third kappa shape index (κ3) is 4.20. The summed E-state index contributed by atoms with van der Waals surface area (Å²) < 4.78 is 2.24. The van der Waals surface area contributed by atoms with E-state index in [0.717, 1.165) is 42.6 Å². The zero-order chi connectivity index (χ0) is 22.0. The van der Waals surface area contributed by atoms with Gasteiger partial charge in [-0.2, -0.15) is 0 Å². The lowest BCUT2D eigenvalue weighted by Gasteiger charge is -2.13. The molecule has 0 saturated heterocycles. The number of aliphatic carboxylic acids is 1. The number of rotatable bonds is 8. The molecule has 1 N–H and O–H groups in total. The minimum Gasteiger partial charge on any atom is -0.481 e. The second-order valence-corrected chi connectivity index (χ2v) is 8.50. The van der Waals surface area contributed by atoms with Gasteiger partial charge in [0.15, 0.2) is 0 Å². The van der Waals surface area contributed by atoms with Crippen molar-refractivity contribution in [3.8, 4) is 0 Å². The average molecular weight is 415 g/mol. The Morgan fingerprint density at radius 2 is 1.81 bits per heavy atom. The average Bonchev–Trinajstić information content (AvgIpc) is 3.05. The minimum atomic E-state index is -0.733. The molecular formula is C27H30N2O2. The van der Waals surface area contributed by atoms with E-state index in [4.69, 9.17) is 4.98 Å². The standard InChI is InChI=1S/C27H30N2O2/c1-4-5-6-9-22(27(30)31)21-14-12-20(13-15-21)17-24-23-10-7-8-11-25(23)29-19(3)16-18(2)28-26(24)29/h7-8,10-16,22H,4-6,9,17H2,1-3H3,(H,30,31). The number of aryl methyl sites for hydroxylation is 2. The highest BCUT2D eigenvalue weighted by molar-refractivity contribution is 5.91. The largest absolute Gasteiger partial charge is 0.481 e. The van der Waals surface area contributed by atoms with E-state index in [0.29, 0.717) is 6.42 Å². The molecule has 4 nitrogen and oxygen atoms in total. The van der Waals surface area contributed by atoms with Crippen LogP contribution >= 0.6 is 0 Å². The number of hydrogen-bond acceptors (Lipinski definition) is 2. The first-order valence-electron chi connectivity index (χ1n) is 11.2. The second-order valence-electron chi connectivity index (χ2n) is 8.50. The van der Waals surface area contributed by atoms with Crippen molar-refractivity contribution in [2.45, 2.75) is 58.8 Å². The van der Waals surface area contributed by atoms with Crippen LogP contribution in [0.1, 0.15) is 66.6 Å². The van der Waals surface area contributed by atoms with Crippen LogP contribution in [-0.2, 0) is 11.2 Å². The van der Waals surface area contributed by atoms with Crippen LogP contribution in [0.2, 0.25) is 0 Å². The van der Waals surface area contributed by atoms with Crippen molar-refractivity contribution in [3.63, 3.8) is 0 Å². The molecule has 4 rings (SSSR count). The highest BCUT2D eigenvalue weighted by Crippen LogP contribution is 2.30. The predicted octanol–water partition coefficient (Wildman–Crippen LogP) is 6.44. The van der Waals surface area contributed by atoms with Crippen molar-refractivity contribution >= 4 is 22.5 Å². The van der Waals surface area contributed by atoms with Crippen molar-refractivity contribution in [1.29, 1.82) is 0 Å². The molecule has 1 unspecified atom stereocenters. The molecule has 1 atom stereocenters. The van der Waals surface area contributed by atoms with Gasteiger partial charge in [-0.05, 0) is 43.5 Å². The first kappa shape index (κ1) is 21.1. The van der Waals surface area contributed by atoms with E-state index in [9.17, 15) is 9.90 Å². The summed E-state index contributed by atoms with van der Waals surface area (Å²) in [5.74, 6) is -1.16. The van der Waals surface area contributed by atoms with Gasteiger partial charge in [0.1, 0.15) is 5.65 Å². The molecule has 0 aliphatic rings. The van der Waals surface area contributed by atoms with E-state index in [1.54, 1.807) is 0 Å². The molecule has 0 aliphatic heterocycles. The van der Waals surface area contributed by atoms with Gasteiger partial charge in [-0.3, -0.25) is 9.20 Å². The monoisotopic (exact) mass is 414 g/mol. The van der Waals surface area contributed by atoms with Crippen LogP contribution in [0.15, 0.2) is 54.6 Å². The van der Waals surface area contributed by atoms with E-state index in [2.05, 4.69) is 60.7 Å². The molecular weight excluding hydrogens is 384 g/mol. The number of fused-ring (bicyclic) bond motifs is 3. The van der Waals surface area contributed by atoms with Crippen molar-refractivity contribution in [3.05, 3.63) is 82.7 Å². The zero-order valence-electron chi connectivity index (χ0n) is 18.6. The lowest BCUT2D eigenvalue weighted by molar-refractivity contribution is -0.139. The van der Waals surface area contributed by atoms with Gasteiger partial charge in [0.05, 0.1) is 11.4 Å². The number of para-hydroxylation sites is 1. The molecule has 2 aromatic carbocycles.